The minimum atomic E-state index is 0.713. The van der Waals surface area contributed by atoms with Crippen molar-refractivity contribution < 1.29 is 0 Å². The van der Waals surface area contributed by atoms with Crippen molar-refractivity contribution in [3.05, 3.63) is 56.6 Å². The molecule has 19 heavy (non-hydrogen) atoms. The maximum atomic E-state index is 5.89. The molecule has 0 amide bonds. The summed E-state index contributed by atoms with van der Waals surface area (Å²) in [6, 6.07) is 7.82. The first-order valence-corrected chi connectivity index (χ1v) is 7.07. The van der Waals surface area contributed by atoms with E-state index in [1.54, 1.807) is 0 Å². The lowest BCUT2D eigenvalue weighted by Crippen LogP contribution is -2.26. The summed E-state index contributed by atoms with van der Waals surface area (Å²) in [5.74, 6) is 0.924. The molecule has 1 aromatic heterocycles. The number of rotatable bonds is 2. The summed E-state index contributed by atoms with van der Waals surface area (Å²) < 4.78 is 0.713. The van der Waals surface area contributed by atoms with E-state index in [2.05, 4.69) is 15.3 Å². The lowest BCUT2D eigenvalue weighted by molar-refractivity contribution is 0.619. The molecule has 0 saturated heterocycles. The molecule has 0 radical (unpaired) electrons. The largest absolute Gasteiger partial charge is 0.346 e. The van der Waals surface area contributed by atoms with Crippen LogP contribution in [0.2, 0.25) is 5.02 Å². The molecule has 98 valence electrons. The number of nitrogens with zero attached hydrogens (tertiary/aromatic N) is 1. The van der Waals surface area contributed by atoms with E-state index in [0.717, 1.165) is 42.3 Å². The monoisotopic (exact) mass is 291 g/mol. The van der Waals surface area contributed by atoms with Crippen molar-refractivity contribution in [2.45, 2.75) is 19.4 Å². The van der Waals surface area contributed by atoms with Crippen molar-refractivity contribution in [2.24, 2.45) is 0 Å². The molecule has 2 heterocycles. The van der Waals surface area contributed by atoms with Gasteiger partial charge in [0.2, 0.25) is 0 Å². The number of benzene rings is 1. The summed E-state index contributed by atoms with van der Waals surface area (Å²) in [6.45, 7) is 1.81. The fraction of sp³-hybridized carbons (Fsp3) is 0.286. The Morgan fingerprint density at radius 2 is 2.05 bits per heavy atom. The molecule has 0 fully saturated rings. The predicted molar refractivity (Wildman–Crippen MR) is 79.1 cm³/mol. The van der Waals surface area contributed by atoms with Crippen LogP contribution in [0, 0.1) is 4.64 Å². The normalized spacial score (nSPS) is 14.2. The van der Waals surface area contributed by atoms with Gasteiger partial charge in [-0.05, 0) is 17.7 Å². The number of H-pyrrole nitrogens is 1. The smallest absolute Gasteiger partial charge is 0.134 e. The van der Waals surface area contributed by atoms with Gasteiger partial charge in [-0.3, -0.25) is 0 Å². The lowest BCUT2D eigenvalue weighted by atomic mass is 10.1. The Morgan fingerprint density at radius 3 is 2.84 bits per heavy atom. The number of hydrogen-bond donors (Lipinski definition) is 2. The molecule has 0 atom stereocenters. The van der Waals surface area contributed by atoms with E-state index in [0.29, 0.717) is 4.64 Å². The third kappa shape index (κ3) is 2.86. The molecule has 5 heteroatoms. The SMILES string of the molecule is S=c1nc(Cc2ccc(Cl)cc2)[nH]c2c1CNCC2. The van der Waals surface area contributed by atoms with Crippen LogP contribution in [0.1, 0.15) is 22.6 Å². The number of aromatic amines is 1. The summed E-state index contributed by atoms with van der Waals surface area (Å²) in [4.78, 5) is 7.91. The second-order valence-corrected chi connectivity index (χ2v) is 5.50. The molecule has 1 aromatic carbocycles. The topological polar surface area (TPSA) is 40.7 Å². The van der Waals surface area contributed by atoms with Crippen molar-refractivity contribution in [1.82, 2.24) is 15.3 Å². The Balaban J connectivity index is 1.91. The van der Waals surface area contributed by atoms with E-state index >= 15 is 0 Å². The van der Waals surface area contributed by atoms with Gasteiger partial charge < -0.3 is 10.3 Å². The van der Waals surface area contributed by atoms with Crippen molar-refractivity contribution in [1.29, 1.82) is 0 Å². The highest BCUT2D eigenvalue weighted by atomic mass is 35.5. The van der Waals surface area contributed by atoms with Gasteiger partial charge in [0.05, 0.1) is 0 Å². The highest BCUT2D eigenvalue weighted by Gasteiger charge is 2.12. The minimum absolute atomic E-state index is 0.713. The second-order valence-electron chi connectivity index (χ2n) is 4.68. The van der Waals surface area contributed by atoms with E-state index in [4.69, 9.17) is 23.8 Å². The summed E-state index contributed by atoms with van der Waals surface area (Å²) in [7, 11) is 0. The van der Waals surface area contributed by atoms with E-state index in [-0.39, 0.29) is 0 Å². The summed E-state index contributed by atoms with van der Waals surface area (Å²) >= 11 is 11.3. The molecule has 1 aliphatic heterocycles. The first kappa shape index (κ1) is 12.8. The molecule has 2 N–H and O–H groups in total. The van der Waals surface area contributed by atoms with Crippen molar-refractivity contribution >= 4 is 23.8 Å². The van der Waals surface area contributed by atoms with Crippen LogP contribution >= 0.6 is 23.8 Å². The highest BCUT2D eigenvalue weighted by molar-refractivity contribution is 7.71. The molecular formula is C14H14ClN3S. The van der Waals surface area contributed by atoms with Gasteiger partial charge in [-0.25, -0.2) is 4.98 Å². The van der Waals surface area contributed by atoms with Crippen molar-refractivity contribution in [3.63, 3.8) is 0 Å². The summed E-state index contributed by atoms with van der Waals surface area (Å²) in [5.41, 5.74) is 3.54. The zero-order valence-corrected chi connectivity index (χ0v) is 11.9. The van der Waals surface area contributed by atoms with Gasteiger partial charge >= 0.3 is 0 Å². The Kier molecular flexibility index (Phi) is 3.64. The van der Waals surface area contributed by atoms with Gasteiger partial charge in [0.1, 0.15) is 10.5 Å². The van der Waals surface area contributed by atoms with E-state index in [1.165, 1.54) is 11.3 Å². The number of fused-ring (bicyclic) bond motifs is 1. The summed E-state index contributed by atoms with van der Waals surface area (Å²) in [6.07, 6.45) is 1.73. The van der Waals surface area contributed by atoms with E-state index in [9.17, 15) is 0 Å². The molecule has 0 unspecified atom stereocenters. The zero-order chi connectivity index (χ0) is 13.2. The van der Waals surface area contributed by atoms with Crippen LogP contribution in [0.25, 0.3) is 0 Å². The van der Waals surface area contributed by atoms with Crippen LogP contribution in [0.15, 0.2) is 24.3 Å². The van der Waals surface area contributed by atoms with Crippen molar-refractivity contribution in [2.75, 3.05) is 6.54 Å². The van der Waals surface area contributed by atoms with Crippen LogP contribution in [0.4, 0.5) is 0 Å². The molecule has 0 aliphatic carbocycles. The van der Waals surface area contributed by atoms with E-state index < -0.39 is 0 Å². The first-order valence-electron chi connectivity index (χ1n) is 6.28. The predicted octanol–water partition coefficient (Wildman–Crippen LogP) is 3.03. The van der Waals surface area contributed by atoms with E-state index in [1.807, 2.05) is 24.3 Å². The van der Waals surface area contributed by atoms with Crippen LogP contribution in [0.5, 0.6) is 0 Å². The van der Waals surface area contributed by atoms with Gasteiger partial charge in [0, 0.05) is 42.2 Å². The second kappa shape index (κ2) is 5.41. The van der Waals surface area contributed by atoms with Gasteiger partial charge in [0.25, 0.3) is 0 Å². The standard InChI is InChI=1S/C14H14ClN3S/c15-10-3-1-9(2-4-10)7-13-17-12-5-6-16-8-11(12)14(19)18-13/h1-4,16H,5-8H2,(H,17,18,19). The van der Waals surface area contributed by atoms with Crippen LogP contribution in [-0.4, -0.2) is 16.5 Å². The maximum Gasteiger partial charge on any atom is 0.134 e. The van der Waals surface area contributed by atoms with Crippen LogP contribution in [0.3, 0.4) is 0 Å². The molecule has 3 rings (SSSR count). The quantitative estimate of drug-likeness (QED) is 0.836. The summed E-state index contributed by atoms with van der Waals surface area (Å²) in [5, 5.41) is 4.07. The van der Waals surface area contributed by atoms with Crippen molar-refractivity contribution in [3.8, 4) is 0 Å². The number of hydrogen-bond acceptors (Lipinski definition) is 3. The minimum Gasteiger partial charge on any atom is -0.346 e. The van der Waals surface area contributed by atoms with Crippen LogP contribution < -0.4 is 5.32 Å². The Hall–Kier alpha value is -1.23. The third-order valence-corrected chi connectivity index (χ3v) is 3.88. The molecule has 1 aliphatic rings. The molecule has 2 aromatic rings. The van der Waals surface area contributed by atoms with Gasteiger partial charge in [0.15, 0.2) is 0 Å². The average Bonchev–Trinajstić information content (AvgIpc) is 2.42. The first-order chi connectivity index (χ1) is 9.22. The lowest BCUT2D eigenvalue weighted by Gasteiger charge is -2.17. The average molecular weight is 292 g/mol. The Labute approximate surface area is 122 Å². The van der Waals surface area contributed by atoms with Gasteiger partial charge in [-0.1, -0.05) is 36.0 Å². The fourth-order valence-electron chi connectivity index (χ4n) is 2.30. The Morgan fingerprint density at radius 1 is 1.26 bits per heavy atom. The number of nitrogens with one attached hydrogen (secondary N) is 2. The highest BCUT2D eigenvalue weighted by Crippen LogP contribution is 2.15. The molecule has 0 bridgehead atoms. The Bertz CT molecular complexity index is 649. The molecule has 3 nitrogen and oxygen atoms in total. The van der Waals surface area contributed by atoms with Gasteiger partial charge in [-0.15, -0.1) is 0 Å². The molecular weight excluding hydrogens is 278 g/mol. The number of halogens is 1. The van der Waals surface area contributed by atoms with Gasteiger partial charge in [-0.2, -0.15) is 0 Å². The molecule has 0 spiro atoms. The number of aromatic nitrogens is 2. The zero-order valence-electron chi connectivity index (χ0n) is 10.4. The van der Waals surface area contributed by atoms with Crippen LogP contribution in [-0.2, 0) is 19.4 Å². The molecule has 0 saturated carbocycles. The fourth-order valence-corrected chi connectivity index (χ4v) is 2.73. The maximum absolute atomic E-state index is 5.89. The third-order valence-electron chi connectivity index (χ3n) is 3.29.